The van der Waals surface area contributed by atoms with Gasteiger partial charge < -0.3 is 16.8 Å². The van der Waals surface area contributed by atoms with E-state index in [1.54, 1.807) is 37.3 Å². The summed E-state index contributed by atoms with van der Waals surface area (Å²) in [6, 6.07) is 8.05. The minimum atomic E-state index is -0.315. The number of carbonyl (C=O) groups is 1. The van der Waals surface area contributed by atoms with E-state index in [0.717, 1.165) is 0 Å². The Bertz CT molecular complexity index is 643. The maximum Gasteiger partial charge on any atom is 0.257 e. The van der Waals surface area contributed by atoms with Crippen LogP contribution in [0.2, 0.25) is 5.15 Å². The van der Waals surface area contributed by atoms with Crippen molar-refractivity contribution in [2.45, 2.75) is 6.92 Å². The first-order valence-corrected chi connectivity index (χ1v) is 5.94. The summed E-state index contributed by atoms with van der Waals surface area (Å²) in [5.41, 5.74) is 13.8. The normalized spacial score (nSPS) is 10.2. The number of nitrogens with two attached hydrogens (primary N) is 2. The minimum absolute atomic E-state index is 0.315. The number of benzene rings is 1. The van der Waals surface area contributed by atoms with Gasteiger partial charge in [-0.25, -0.2) is 4.98 Å². The van der Waals surface area contributed by atoms with Crippen molar-refractivity contribution in [2.24, 2.45) is 0 Å². The number of hydrogen-bond donors (Lipinski definition) is 3. The highest BCUT2D eigenvalue weighted by molar-refractivity contribution is 6.29. The monoisotopic (exact) mass is 276 g/mol. The van der Waals surface area contributed by atoms with Crippen LogP contribution in [0.5, 0.6) is 0 Å². The summed E-state index contributed by atoms with van der Waals surface area (Å²) in [6.07, 6.45) is 0. The predicted octanol–water partition coefficient (Wildman–Crippen LogP) is 2.46. The van der Waals surface area contributed by atoms with Crippen LogP contribution in [0.3, 0.4) is 0 Å². The van der Waals surface area contributed by atoms with Gasteiger partial charge in [-0.05, 0) is 37.3 Å². The minimum Gasteiger partial charge on any atom is -0.399 e. The second kappa shape index (κ2) is 5.16. The molecule has 0 saturated heterocycles. The molecule has 0 unspecified atom stereocenters. The van der Waals surface area contributed by atoms with Crippen LogP contribution in [0.4, 0.5) is 17.1 Å². The van der Waals surface area contributed by atoms with Crippen LogP contribution < -0.4 is 16.8 Å². The molecule has 0 saturated carbocycles. The number of hydrogen-bond acceptors (Lipinski definition) is 4. The van der Waals surface area contributed by atoms with E-state index in [9.17, 15) is 4.79 Å². The zero-order valence-electron chi connectivity index (χ0n) is 10.3. The van der Waals surface area contributed by atoms with E-state index in [1.165, 1.54) is 0 Å². The van der Waals surface area contributed by atoms with E-state index in [1.807, 2.05) is 0 Å². The molecule has 0 spiro atoms. The Hall–Kier alpha value is -2.27. The standard InChI is InChI=1S/C13H13ClN4O/c1-7-11(4-5-12(14)17-7)18-13(19)9-3-2-8(15)6-10(9)16/h2-6H,15-16H2,1H3,(H,18,19). The number of rotatable bonds is 2. The molecule has 2 rings (SSSR count). The highest BCUT2D eigenvalue weighted by Gasteiger charge is 2.11. The molecule has 2 aromatic rings. The summed E-state index contributed by atoms with van der Waals surface area (Å²) in [4.78, 5) is 16.1. The van der Waals surface area contributed by atoms with Gasteiger partial charge in [0.1, 0.15) is 5.15 Å². The van der Waals surface area contributed by atoms with Crippen molar-refractivity contribution in [1.82, 2.24) is 4.98 Å². The fourth-order valence-corrected chi connectivity index (χ4v) is 1.83. The Labute approximate surface area is 115 Å². The largest absolute Gasteiger partial charge is 0.399 e. The number of nitrogen functional groups attached to an aromatic ring is 2. The molecular weight excluding hydrogens is 264 g/mol. The van der Waals surface area contributed by atoms with E-state index in [-0.39, 0.29) is 5.91 Å². The number of halogens is 1. The zero-order chi connectivity index (χ0) is 14.0. The zero-order valence-corrected chi connectivity index (χ0v) is 11.0. The third kappa shape index (κ3) is 2.95. The third-order valence-corrected chi connectivity index (χ3v) is 2.83. The number of nitrogens with zero attached hydrogens (tertiary/aromatic N) is 1. The molecule has 1 aromatic carbocycles. The molecule has 0 aliphatic heterocycles. The molecule has 6 heteroatoms. The summed E-state index contributed by atoms with van der Waals surface area (Å²) in [6.45, 7) is 1.76. The molecule has 0 atom stereocenters. The van der Waals surface area contributed by atoms with Gasteiger partial charge in [0.25, 0.3) is 5.91 Å². The molecule has 19 heavy (non-hydrogen) atoms. The maximum absolute atomic E-state index is 12.1. The van der Waals surface area contributed by atoms with E-state index in [2.05, 4.69) is 10.3 Å². The summed E-state index contributed by atoms with van der Waals surface area (Å²) < 4.78 is 0. The number of carbonyl (C=O) groups excluding carboxylic acids is 1. The molecule has 1 amide bonds. The fourth-order valence-electron chi connectivity index (χ4n) is 1.64. The van der Waals surface area contributed by atoms with Crippen LogP contribution in [-0.2, 0) is 0 Å². The number of anilines is 3. The van der Waals surface area contributed by atoms with Crippen LogP contribution in [0.15, 0.2) is 30.3 Å². The number of amides is 1. The van der Waals surface area contributed by atoms with Gasteiger partial charge in [0.05, 0.1) is 16.9 Å². The highest BCUT2D eigenvalue weighted by Crippen LogP contribution is 2.20. The molecule has 0 aliphatic rings. The Morgan fingerprint density at radius 3 is 2.63 bits per heavy atom. The second-order valence-electron chi connectivity index (χ2n) is 4.07. The Morgan fingerprint density at radius 2 is 2.00 bits per heavy atom. The molecular formula is C13H13ClN4O. The average Bonchev–Trinajstić information content (AvgIpc) is 2.32. The smallest absolute Gasteiger partial charge is 0.257 e. The van der Waals surface area contributed by atoms with Crippen molar-refractivity contribution in [3.8, 4) is 0 Å². The van der Waals surface area contributed by atoms with Gasteiger partial charge in [-0.2, -0.15) is 0 Å². The van der Waals surface area contributed by atoms with Crippen molar-refractivity contribution in [1.29, 1.82) is 0 Å². The summed E-state index contributed by atoms with van der Waals surface area (Å²) in [5, 5.41) is 3.11. The van der Waals surface area contributed by atoms with Crippen molar-refractivity contribution >= 4 is 34.6 Å². The van der Waals surface area contributed by atoms with Crippen molar-refractivity contribution in [3.63, 3.8) is 0 Å². The van der Waals surface area contributed by atoms with Gasteiger partial charge in [0.15, 0.2) is 0 Å². The molecule has 0 bridgehead atoms. The van der Waals surface area contributed by atoms with Crippen molar-refractivity contribution < 1.29 is 4.79 Å². The molecule has 5 nitrogen and oxygen atoms in total. The highest BCUT2D eigenvalue weighted by atomic mass is 35.5. The average molecular weight is 277 g/mol. The van der Waals surface area contributed by atoms with Gasteiger partial charge in [0.2, 0.25) is 0 Å². The van der Waals surface area contributed by atoms with Crippen LogP contribution >= 0.6 is 11.6 Å². The molecule has 0 radical (unpaired) electrons. The molecule has 1 heterocycles. The van der Waals surface area contributed by atoms with Crippen LogP contribution in [0.1, 0.15) is 16.1 Å². The lowest BCUT2D eigenvalue weighted by Gasteiger charge is -2.10. The lowest BCUT2D eigenvalue weighted by Crippen LogP contribution is -2.15. The summed E-state index contributed by atoms with van der Waals surface area (Å²) in [7, 11) is 0. The van der Waals surface area contributed by atoms with E-state index in [4.69, 9.17) is 23.1 Å². The Kier molecular flexibility index (Phi) is 3.57. The quantitative estimate of drug-likeness (QED) is 0.580. The van der Waals surface area contributed by atoms with E-state index >= 15 is 0 Å². The second-order valence-corrected chi connectivity index (χ2v) is 4.46. The molecule has 0 aliphatic carbocycles. The lowest BCUT2D eigenvalue weighted by atomic mass is 10.1. The van der Waals surface area contributed by atoms with Gasteiger partial charge in [-0.15, -0.1) is 0 Å². The van der Waals surface area contributed by atoms with Gasteiger partial charge in [-0.3, -0.25) is 4.79 Å². The fraction of sp³-hybridized carbons (Fsp3) is 0.0769. The number of nitrogens with one attached hydrogen (secondary N) is 1. The molecule has 98 valence electrons. The van der Waals surface area contributed by atoms with Crippen LogP contribution in [0, 0.1) is 6.92 Å². The maximum atomic E-state index is 12.1. The SMILES string of the molecule is Cc1nc(Cl)ccc1NC(=O)c1ccc(N)cc1N. The first-order valence-electron chi connectivity index (χ1n) is 5.57. The van der Waals surface area contributed by atoms with E-state index < -0.39 is 0 Å². The Morgan fingerprint density at radius 1 is 1.26 bits per heavy atom. The predicted molar refractivity (Wildman–Crippen MR) is 77.2 cm³/mol. The lowest BCUT2D eigenvalue weighted by molar-refractivity contribution is 0.102. The van der Waals surface area contributed by atoms with Crippen molar-refractivity contribution in [3.05, 3.63) is 46.7 Å². The molecule has 1 aromatic heterocycles. The topological polar surface area (TPSA) is 94.0 Å². The number of aryl methyl sites for hydroxylation is 1. The Balaban J connectivity index is 2.25. The third-order valence-electron chi connectivity index (χ3n) is 2.62. The van der Waals surface area contributed by atoms with Crippen LogP contribution in [0.25, 0.3) is 0 Å². The molecule has 5 N–H and O–H groups in total. The van der Waals surface area contributed by atoms with Gasteiger partial charge in [0, 0.05) is 11.4 Å². The van der Waals surface area contributed by atoms with Crippen molar-refractivity contribution in [2.75, 3.05) is 16.8 Å². The van der Waals surface area contributed by atoms with Gasteiger partial charge in [-0.1, -0.05) is 11.6 Å². The van der Waals surface area contributed by atoms with Gasteiger partial charge >= 0.3 is 0 Å². The van der Waals surface area contributed by atoms with Crippen LogP contribution in [-0.4, -0.2) is 10.9 Å². The first kappa shape index (κ1) is 13.2. The van der Waals surface area contributed by atoms with E-state index in [0.29, 0.717) is 33.5 Å². The summed E-state index contributed by atoms with van der Waals surface area (Å²) in [5.74, 6) is -0.315. The molecule has 0 fully saturated rings. The number of pyridine rings is 1. The number of aromatic nitrogens is 1. The summed E-state index contributed by atoms with van der Waals surface area (Å²) >= 11 is 5.76. The first-order chi connectivity index (χ1) is 8.97.